The number of rotatable bonds is 4. The zero-order valence-corrected chi connectivity index (χ0v) is 17.8. The third-order valence-corrected chi connectivity index (χ3v) is 6.84. The Labute approximate surface area is 177 Å². The second-order valence-corrected chi connectivity index (χ2v) is 9.31. The number of carbonyl (C=O) groups excluding carboxylic acids is 2. The number of allylic oxidation sites excluding steroid dienone is 3. The minimum absolute atomic E-state index is 0.0420. The van der Waals surface area contributed by atoms with E-state index in [1.54, 1.807) is 4.58 Å². The van der Waals surface area contributed by atoms with Gasteiger partial charge in [-0.1, -0.05) is 70.9 Å². The molecule has 1 aromatic rings. The first kappa shape index (κ1) is 19.4. The molecule has 1 aliphatic heterocycles. The van der Waals surface area contributed by atoms with Crippen LogP contribution in [0.1, 0.15) is 31.2 Å². The fourth-order valence-electron chi connectivity index (χ4n) is 3.79. The standard InChI is InChI=1S/C22H21BrN2O2S/c23-16-7-5-6-15(12-16)13-20-22(27)25(18-10-3-4-11-19(18)28-20)14-21(26)24-17-8-1-2-9-17/h3-7,10-13,17,19H,1-2,8-9,14H2/p+1/b20-13+. The molecule has 1 aromatic carbocycles. The molecule has 1 saturated carbocycles. The summed E-state index contributed by atoms with van der Waals surface area (Å²) in [5.74, 6) is -0.194. The number of thioether (sulfide) groups is 1. The lowest BCUT2D eigenvalue weighted by atomic mass is 10.1. The lowest BCUT2D eigenvalue weighted by Gasteiger charge is -2.21. The normalized spacial score (nSPS) is 23.4. The Balaban J connectivity index is 1.61. The molecule has 1 heterocycles. The summed E-state index contributed by atoms with van der Waals surface area (Å²) in [5, 5.41) is 3.14. The molecule has 144 valence electrons. The highest BCUT2D eigenvalue weighted by Gasteiger charge is 2.39. The van der Waals surface area contributed by atoms with Gasteiger partial charge in [-0.3, -0.25) is 4.79 Å². The van der Waals surface area contributed by atoms with E-state index < -0.39 is 0 Å². The van der Waals surface area contributed by atoms with Crippen LogP contribution in [-0.2, 0) is 9.59 Å². The summed E-state index contributed by atoms with van der Waals surface area (Å²) >= 11 is 5.01. The van der Waals surface area contributed by atoms with Crippen molar-refractivity contribution < 1.29 is 14.2 Å². The van der Waals surface area contributed by atoms with Crippen LogP contribution in [0.4, 0.5) is 0 Å². The Morgan fingerprint density at radius 1 is 1.29 bits per heavy atom. The van der Waals surface area contributed by atoms with Crippen molar-refractivity contribution in [1.82, 2.24) is 5.32 Å². The van der Waals surface area contributed by atoms with E-state index in [2.05, 4.69) is 27.3 Å². The zero-order chi connectivity index (χ0) is 19.5. The number of fused-ring (bicyclic) bond motifs is 1. The number of carbonyl (C=O) groups is 2. The van der Waals surface area contributed by atoms with E-state index in [1.165, 1.54) is 11.8 Å². The molecule has 1 N–H and O–H groups in total. The number of nitrogens with zero attached hydrogens (tertiary/aromatic N) is 1. The minimum atomic E-state index is -0.113. The van der Waals surface area contributed by atoms with Gasteiger partial charge in [-0.25, -0.2) is 4.79 Å². The Morgan fingerprint density at radius 3 is 2.89 bits per heavy atom. The van der Waals surface area contributed by atoms with E-state index >= 15 is 0 Å². The lowest BCUT2D eigenvalue weighted by Crippen LogP contribution is -2.45. The summed E-state index contributed by atoms with van der Waals surface area (Å²) in [6.45, 7) is 0.0652. The largest absolute Gasteiger partial charge is 0.426 e. The van der Waals surface area contributed by atoms with Crippen LogP contribution in [0.25, 0.3) is 6.08 Å². The topological polar surface area (TPSA) is 49.2 Å². The average Bonchev–Trinajstić information content (AvgIpc) is 3.18. The first-order valence-corrected chi connectivity index (χ1v) is 11.2. The van der Waals surface area contributed by atoms with Crippen LogP contribution in [-0.4, -0.2) is 39.9 Å². The van der Waals surface area contributed by atoms with E-state index in [4.69, 9.17) is 0 Å². The highest BCUT2D eigenvalue weighted by atomic mass is 79.9. The van der Waals surface area contributed by atoms with Crippen LogP contribution in [0.5, 0.6) is 0 Å². The van der Waals surface area contributed by atoms with Gasteiger partial charge in [0, 0.05) is 16.6 Å². The van der Waals surface area contributed by atoms with E-state index in [-0.39, 0.29) is 29.7 Å². The van der Waals surface area contributed by atoms with Crippen LogP contribution in [0.15, 0.2) is 57.9 Å². The van der Waals surface area contributed by atoms with Gasteiger partial charge in [-0.15, -0.1) is 4.58 Å². The van der Waals surface area contributed by atoms with Gasteiger partial charge in [0.2, 0.25) is 12.3 Å². The summed E-state index contributed by atoms with van der Waals surface area (Å²) in [5.41, 5.74) is 1.84. The first-order valence-electron chi connectivity index (χ1n) is 9.57. The molecule has 1 fully saturated rings. The van der Waals surface area contributed by atoms with Gasteiger partial charge in [0.1, 0.15) is 10.2 Å². The fourth-order valence-corrected chi connectivity index (χ4v) is 5.39. The number of benzene rings is 1. The van der Waals surface area contributed by atoms with Crippen molar-refractivity contribution in [1.29, 1.82) is 0 Å². The maximum absolute atomic E-state index is 13.2. The monoisotopic (exact) mass is 457 g/mol. The van der Waals surface area contributed by atoms with Crippen LogP contribution in [0.2, 0.25) is 0 Å². The maximum Gasteiger partial charge on any atom is 0.426 e. The van der Waals surface area contributed by atoms with Gasteiger partial charge < -0.3 is 5.32 Å². The summed E-state index contributed by atoms with van der Waals surface area (Å²) < 4.78 is 2.60. The molecule has 0 saturated heterocycles. The first-order chi connectivity index (χ1) is 13.6. The number of hydrogen-bond donors (Lipinski definition) is 1. The van der Waals surface area contributed by atoms with Crippen molar-refractivity contribution in [3.8, 4) is 0 Å². The maximum atomic E-state index is 13.2. The van der Waals surface area contributed by atoms with Crippen molar-refractivity contribution in [2.75, 3.05) is 6.54 Å². The van der Waals surface area contributed by atoms with Crippen molar-refractivity contribution in [2.24, 2.45) is 0 Å². The molecular formula is C22H22BrN2O2S+. The lowest BCUT2D eigenvalue weighted by molar-refractivity contribution is -0.434. The van der Waals surface area contributed by atoms with Gasteiger partial charge in [-0.2, -0.15) is 0 Å². The SMILES string of the molecule is O=C(C[N+]1=C2C=CC=CC2S/C(=C/c2cccc(Br)c2)C1=O)NC1CCCC1. The van der Waals surface area contributed by atoms with E-state index in [9.17, 15) is 9.59 Å². The Kier molecular flexibility index (Phi) is 5.97. The fraction of sp³-hybridized carbons (Fsp3) is 0.318. The van der Waals surface area contributed by atoms with Crippen molar-refractivity contribution >= 4 is 51.3 Å². The number of halogens is 1. The highest BCUT2D eigenvalue weighted by Crippen LogP contribution is 2.33. The van der Waals surface area contributed by atoms with Gasteiger partial charge in [0.25, 0.3) is 5.91 Å². The summed E-state index contributed by atoms with van der Waals surface area (Å²) in [4.78, 5) is 26.5. The van der Waals surface area contributed by atoms with E-state index in [0.717, 1.165) is 41.4 Å². The smallest absolute Gasteiger partial charge is 0.348 e. The summed E-state index contributed by atoms with van der Waals surface area (Å²) in [7, 11) is 0. The zero-order valence-electron chi connectivity index (χ0n) is 15.4. The second-order valence-electron chi connectivity index (χ2n) is 7.21. The number of hydrogen-bond acceptors (Lipinski definition) is 3. The van der Waals surface area contributed by atoms with Crippen molar-refractivity contribution in [3.63, 3.8) is 0 Å². The van der Waals surface area contributed by atoms with Gasteiger partial charge in [-0.05, 0) is 36.6 Å². The molecule has 2 aliphatic carbocycles. The summed E-state index contributed by atoms with van der Waals surface area (Å²) in [6, 6.07) is 8.10. The van der Waals surface area contributed by atoms with Crippen LogP contribution in [0.3, 0.4) is 0 Å². The predicted octanol–water partition coefficient (Wildman–Crippen LogP) is 4.07. The Bertz CT molecular complexity index is 926. The average molecular weight is 458 g/mol. The molecule has 3 aliphatic rings. The molecule has 1 unspecified atom stereocenters. The Morgan fingerprint density at radius 2 is 2.11 bits per heavy atom. The van der Waals surface area contributed by atoms with E-state index in [1.807, 2.05) is 48.6 Å². The number of nitrogens with one attached hydrogen (secondary N) is 1. The predicted molar refractivity (Wildman–Crippen MR) is 117 cm³/mol. The minimum Gasteiger partial charge on any atom is -0.348 e. The molecule has 28 heavy (non-hydrogen) atoms. The van der Waals surface area contributed by atoms with Gasteiger partial charge in [0.15, 0.2) is 0 Å². The molecule has 1 atom stereocenters. The van der Waals surface area contributed by atoms with Crippen LogP contribution < -0.4 is 5.32 Å². The molecule has 0 aromatic heterocycles. The molecule has 4 rings (SSSR count). The molecule has 0 bridgehead atoms. The Hall–Kier alpha value is -1.92. The van der Waals surface area contributed by atoms with Gasteiger partial charge in [0.05, 0.1) is 0 Å². The van der Waals surface area contributed by atoms with E-state index in [0.29, 0.717) is 4.91 Å². The molecule has 2 amide bonds. The van der Waals surface area contributed by atoms with Crippen molar-refractivity contribution in [3.05, 3.63) is 63.5 Å². The summed E-state index contributed by atoms with van der Waals surface area (Å²) in [6.07, 6.45) is 14.2. The molecule has 6 heteroatoms. The number of amides is 2. The van der Waals surface area contributed by atoms with Crippen molar-refractivity contribution in [2.45, 2.75) is 37.0 Å². The highest BCUT2D eigenvalue weighted by molar-refractivity contribution is 9.10. The third-order valence-electron chi connectivity index (χ3n) is 5.15. The molecule has 0 spiro atoms. The molecular weight excluding hydrogens is 436 g/mol. The van der Waals surface area contributed by atoms with Crippen LogP contribution >= 0.6 is 27.7 Å². The quantitative estimate of drug-likeness (QED) is 0.547. The molecule has 4 nitrogen and oxygen atoms in total. The second kappa shape index (κ2) is 8.62. The molecule has 0 radical (unpaired) electrons. The third kappa shape index (κ3) is 4.39. The van der Waals surface area contributed by atoms with Crippen LogP contribution in [0, 0.1) is 0 Å². The van der Waals surface area contributed by atoms with Gasteiger partial charge >= 0.3 is 5.91 Å².